The maximum Gasteiger partial charge on any atom is 0.331 e. The number of hydrogen-bond acceptors (Lipinski definition) is 4. The summed E-state index contributed by atoms with van der Waals surface area (Å²) in [5, 5.41) is 3.63. The summed E-state index contributed by atoms with van der Waals surface area (Å²) in [6.07, 6.45) is 3.31. The van der Waals surface area contributed by atoms with Crippen LogP contribution in [0.15, 0.2) is 29.7 Å². The minimum atomic E-state index is -0.423. The highest BCUT2D eigenvalue weighted by molar-refractivity contribution is 5.98. The first-order chi connectivity index (χ1) is 6.20. The van der Waals surface area contributed by atoms with Gasteiger partial charge in [-0.25, -0.2) is 4.79 Å². The minimum absolute atomic E-state index is 0.423. The topological polar surface area (TPSA) is 51.5 Å². The Morgan fingerprint density at radius 2 is 2.00 bits per heavy atom. The van der Waals surface area contributed by atoms with Crippen molar-refractivity contribution in [3.8, 4) is 0 Å². The van der Waals surface area contributed by atoms with Crippen LogP contribution in [0.2, 0.25) is 0 Å². The van der Waals surface area contributed by atoms with Crippen LogP contribution in [-0.4, -0.2) is 16.7 Å². The Bertz CT molecular complexity index is 320. The summed E-state index contributed by atoms with van der Waals surface area (Å²) in [5.41, 5.74) is 1.54. The molecule has 0 aliphatic carbocycles. The molecule has 1 aromatic heterocycles. The monoisotopic (exact) mass is 178 g/mol. The van der Waals surface area contributed by atoms with E-state index in [1.807, 2.05) is 0 Å². The molecule has 0 bridgehead atoms. The van der Waals surface area contributed by atoms with E-state index in [1.54, 1.807) is 31.5 Å². The molecule has 4 heteroatoms. The third kappa shape index (κ3) is 3.02. The van der Waals surface area contributed by atoms with Gasteiger partial charge in [0, 0.05) is 24.9 Å². The van der Waals surface area contributed by atoms with Crippen LogP contribution in [0.25, 0.3) is 0 Å². The molecular weight excluding hydrogens is 168 g/mol. The van der Waals surface area contributed by atoms with E-state index in [2.05, 4.69) is 15.0 Å². The first-order valence-corrected chi connectivity index (χ1v) is 3.82. The normalized spacial score (nSPS) is 11.1. The van der Waals surface area contributed by atoms with Crippen LogP contribution in [0.1, 0.15) is 19.4 Å². The summed E-state index contributed by atoms with van der Waals surface area (Å²) in [6, 6.07) is 3.59. The van der Waals surface area contributed by atoms with Crippen LogP contribution in [0.5, 0.6) is 0 Å². The fourth-order valence-electron chi connectivity index (χ4n) is 0.779. The van der Waals surface area contributed by atoms with Crippen LogP contribution < -0.4 is 0 Å². The van der Waals surface area contributed by atoms with E-state index in [4.69, 9.17) is 0 Å². The molecule has 1 aromatic rings. The van der Waals surface area contributed by atoms with E-state index in [-0.39, 0.29) is 0 Å². The second kappa shape index (κ2) is 4.35. The highest BCUT2D eigenvalue weighted by Crippen LogP contribution is 1.99. The van der Waals surface area contributed by atoms with Gasteiger partial charge in [0.2, 0.25) is 0 Å². The summed E-state index contributed by atoms with van der Waals surface area (Å²) < 4.78 is 0. The molecule has 0 spiro atoms. The Hall–Kier alpha value is -1.71. The molecule has 0 aromatic carbocycles. The average Bonchev–Trinajstić information content (AvgIpc) is 2.15. The van der Waals surface area contributed by atoms with Crippen LogP contribution in [0.3, 0.4) is 0 Å². The Morgan fingerprint density at radius 1 is 1.38 bits per heavy atom. The van der Waals surface area contributed by atoms with Crippen molar-refractivity contribution in [2.75, 3.05) is 0 Å². The minimum Gasteiger partial charge on any atom is -0.318 e. The van der Waals surface area contributed by atoms with E-state index >= 15 is 0 Å². The number of carbonyl (C=O) groups excluding carboxylic acids is 1. The summed E-state index contributed by atoms with van der Waals surface area (Å²) in [7, 11) is 0. The van der Waals surface area contributed by atoms with Gasteiger partial charge in [0.1, 0.15) is 0 Å². The van der Waals surface area contributed by atoms with Crippen molar-refractivity contribution >= 4 is 11.7 Å². The molecule has 1 rings (SSSR count). The molecule has 0 fully saturated rings. The number of hydrogen-bond donors (Lipinski definition) is 0. The molecule has 13 heavy (non-hydrogen) atoms. The van der Waals surface area contributed by atoms with Crippen LogP contribution in [0.4, 0.5) is 0 Å². The van der Waals surface area contributed by atoms with Gasteiger partial charge in [-0.1, -0.05) is 5.16 Å². The zero-order valence-electron chi connectivity index (χ0n) is 7.52. The lowest BCUT2D eigenvalue weighted by atomic mass is 10.2. The van der Waals surface area contributed by atoms with E-state index in [0.29, 0.717) is 5.71 Å². The van der Waals surface area contributed by atoms with Crippen LogP contribution >= 0.6 is 0 Å². The van der Waals surface area contributed by atoms with Crippen molar-refractivity contribution in [3.63, 3.8) is 0 Å². The quantitative estimate of drug-likeness (QED) is 0.390. The summed E-state index contributed by atoms with van der Waals surface area (Å²) in [6.45, 7) is 3.07. The Kier molecular flexibility index (Phi) is 3.14. The van der Waals surface area contributed by atoms with E-state index in [9.17, 15) is 4.79 Å². The lowest BCUT2D eigenvalue weighted by molar-refractivity contribution is -0.140. The molecular formula is C9H10N2O2. The van der Waals surface area contributed by atoms with Gasteiger partial charge in [-0.3, -0.25) is 4.98 Å². The molecule has 0 aliphatic heterocycles. The highest BCUT2D eigenvalue weighted by atomic mass is 16.7. The van der Waals surface area contributed by atoms with E-state index < -0.39 is 5.97 Å². The molecule has 0 atom stereocenters. The van der Waals surface area contributed by atoms with Crippen molar-refractivity contribution in [1.82, 2.24) is 4.98 Å². The van der Waals surface area contributed by atoms with Crippen molar-refractivity contribution in [3.05, 3.63) is 30.1 Å². The van der Waals surface area contributed by atoms with E-state index in [1.165, 1.54) is 6.92 Å². The first kappa shape index (κ1) is 9.38. The van der Waals surface area contributed by atoms with Gasteiger partial charge in [0.25, 0.3) is 0 Å². The predicted octanol–water partition coefficient (Wildman–Crippen LogP) is 1.37. The van der Waals surface area contributed by atoms with Crippen LogP contribution in [-0.2, 0) is 9.63 Å². The second-order valence-electron chi connectivity index (χ2n) is 2.50. The zero-order valence-corrected chi connectivity index (χ0v) is 7.52. The van der Waals surface area contributed by atoms with Gasteiger partial charge in [0.15, 0.2) is 0 Å². The molecule has 0 N–H and O–H groups in total. The largest absolute Gasteiger partial charge is 0.331 e. The number of pyridine rings is 1. The lowest BCUT2D eigenvalue weighted by Gasteiger charge is -1.97. The molecule has 1 heterocycles. The summed E-state index contributed by atoms with van der Waals surface area (Å²) >= 11 is 0. The maximum absolute atomic E-state index is 10.4. The van der Waals surface area contributed by atoms with Gasteiger partial charge in [-0.2, -0.15) is 0 Å². The fraction of sp³-hybridized carbons (Fsp3) is 0.222. The highest BCUT2D eigenvalue weighted by Gasteiger charge is 1.97. The molecule has 68 valence electrons. The van der Waals surface area contributed by atoms with Gasteiger partial charge >= 0.3 is 5.97 Å². The number of oxime groups is 1. The van der Waals surface area contributed by atoms with Crippen molar-refractivity contribution < 1.29 is 9.63 Å². The average molecular weight is 178 g/mol. The van der Waals surface area contributed by atoms with Crippen LogP contribution in [0, 0.1) is 0 Å². The molecule has 0 saturated heterocycles. The van der Waals surface area contributed by atoms with Crippen molar-refractivity contribution in [2.24, 2.45) is 5.16 Å². The maximum atomic E-state index is 10.4. The number of nitrogens with zero attached hydrogens (tertiary/aromatic N) is 2. The van der Waals surface area contributed by atoms with E-state index in [0.717, 1.165) is 5.56 Å². The van der Waals surface area contributed by atoms with Gasteiger partial charge in [0.05, 0.1) is 5.71 Å². The Balaban J connectivity index is 2.73. The van der Waals surface area contributed by atoms with Gasteiger partial charge in [-0.05, 0) is 19.1 Å². The summed E-state index contributed by atoms with van der Waals surface area (Å²) in [5.74, 6) is -0.423. The number of carbonyl (C=O) groups is 1. The van der Waals surface area contributed by atoms with Crippen molar-refractivity contribution in [2.45, 2.75) is 13.8 Å². The van der Waals surface area contributed by atoms with Crippen molar-refractivity contribution in [1.29, 1.82) is 0 Å². The molecule has 0 saturated carbocycles. The third-order valence-electron chi connectivity index (χ3n) is 1.41. The summed E-state index contributed by atoms with van der Waals surface area (Å²) in [4.78, 5) is 18.8. The first-order valence-electron chi connectivity index (χ1n) is 3.82. The third-order valence-corrected chi connectivity index (χ3v) is 1.41. The SMILES string of the molecule is CC(=O)O/N=C(\C)c1ccncc1. The molecule has 0 unspecified atom stereocenters. The number of aromatic nitrogens is 1. The fourth-order valence-corrected chi connectivity index (χ4v) is 0.779. The second-order valence-corrected chi connectivity index (χ2v) is 2.50. The Morgan fingerprint density at radius 3 is 2.54 bits per heavy atom. The zero-order chi connectivity index (χ0) is 9.68. The predicted molar refractivity (Wildman–Crippen MR) is 48.2 cm³/mol. The standard InChI is InChI=1S/C9H10N2O2/c1-7(11-13-8(2)12)9-3-5-10-6-4-9/h3-6H,1-2H3/b11-7+. The lowest BCUT2D eigenvalue weighted by Crippen LogP contribution is -1.99. The molecule has 0 radical (unpaired) electrons. The van der Waals surface area contributed by atoms with Gasteiger partial charge < -0.3 is 4.84 Å². The molecule has 0 amide bonds. The smallest absolute Gasteiger partial charge is 0.318 e. The molecule has 4 nitrogen and oxygen atoms in total. The Labute approximate surface area is 76.2 Å². The van der Waals surface area contributed by atoms with Gasteiger partial charge in [-0.15, -0.1) is 0 Å². The number of rotatable bonds is 2. The molecule has 0 aliphatic rings.